The van der Waals surface area contributed by atoms with Crippen molar-refractivity contribution in [2.24, 2.45) is 5.73 Å². The van der Waals surface area contributed by atoms with E-state index in [4.69, 9.17) is 10.5 Å². The van der Waals surface area contributed by atoms with Crippen LogP contribution in [-0.2, 0) is 4.79 Å². The summed E-state index contributed by atoms with van der Waals surface area (Å²) in [6, 6.07) is 6.55. The second kappa shape index (κ2) is 4.41. The fourth-order valence-electron chi connectivity index (χ4n) is 0.975. The smallest absolute Gasteiger partial charge is 0.252 e. The third kappa shape index (κ3) is 2.58. The summed E-state index contributed by atoms with van der Waals surface area (Å²) in [6.07, 6.45) is 0. The standard InChI is InChI=1S/C10H11NO3/c1-7(12)6-14-9-5-3-2-4-8(9)10(11)13/h2-5H,6H2,1H3,(H2,11,13). The van der Waals surface area contributed by atoms with Crippen LogP contribution in [0.4, 0.5) is 0 Å². The van der Waals surface area contributed by atoms with Crippen molar-refractivity contribution >= 4 is 11.7 Å². The predicted octanol–water partition coefficient (Wildman–Crippen LogP) is 0.753. The molecule has 0 aliphatic rings. The van der Waals surface area contributed by atoms with Gasteiger partial charge >= 0.3 is 0 Å². The highest BCUT2D eigenvalue weighted by Crippen LogP contribution is 2.16. The third-order valence-corrected chi connectivity index (χ3v) is 1.58. The van der Waals surface area contributed by atoms with Gasteiger partial charge in [-0.2, -0.15) is 0 Å². The average molecular weight is 193 g/mol. The number of Topliss-reactive ketones (excluding diaryl/α,β-unsaturated/α-hetero) is 1. The molecule has 1 aromatic carbocycles. The SMILES string of the molecule is CC(=O)COc1ccccc1C(N)=O. The van der Waals surface area contributed by atoms with Crippen molar-refractivity contribution in [1.29, 1.82) is 0 Å². The third-order valence-electron chi connectivity index (χ3n) is 1.58. The van der Waals surface area contributed by atoms with Gasteiger partial charge in [0.15, 0.2) is 5.78 Å². The summed E-state index contributed by atoms with van der Waals surface area (Å²) in [5.74, 6) is -0.330. The molecule has 1 amide bonds. The van der Waals surface area contributed by atoms with Gasteiger partial charge in [0, 0.05) is 0 Å². The summed E-state index contributed by atoms with van der Waals surface area (Å²) >= 11 is 0. The van der Waals surface area contributed by atoms with Crippen molar-refractivity contribution in [1.82, 2.24) is 0 Å². The van der Waals surface area contributed by atoms with Gasteiger partial charge in [-0.25, -0.2) is 0 Å². The van der Waals surface area contributed by atoms with E-state index in [9.17, 15) is 9.59 Å². The van der Waals surface area contributed by atoms with Crippen LogP contribution < -0.4 is 10.5 Å². The maximum absolute atomic E-state index is 10.9. The van der Waals surface area contributed by atoms with Gasteiger partial charge in [0.1, 0.15) is 12.4 Å². The number of carbonyl (C=O) groups is 2. The van der Waals surface area contributed by atoms with E-state index in [1.54, 1.807) is 24.3 Å². The maximum Gasteiger partial charge on any atom is 0.252 e. The Hall–Kier alpha value is -1.84. The van der Waals surface area contributed by atoms with E-state index in [-0.39, 0.29) is 18.0 Å². The number of hydrogen-bond acceptors (Lipinski definition) is 3. The molecule has 0 aliphatic carbocycles. The Bertz CT molecular complexity index is 360. The van der Waals surface area contributed by atoms with Crippen molar-refractivity contribution in [2.75, 3.05) is 6.61 Å². The topological polar surface area (TPSA) is 69.4 Å². The number of primary amides is 1. The normalized spacial score (nSPS) is 9.50. The van der Waals surface area contributed by atoms with E-state index in [0.29, 0.717) is 5.75 Å². The Morgan fingerprint density at radius 2 is 2.00 bits per heavy atom. The molecule has 0 fully saturated rings. The van der Waals surface area contributed by atoms with Crippen molar-refractivity contribution in [3.8, 4) is 5.75 Å². The minimum absolute atomic E-state index is 0.0513. The summed E-state index contributed by atoms with van der Waals surface area (Å²) in [7, 11) is 0. The number of carbonyl (C=O) groups excluding carboxylic acids is 2. The quantitative estimate of drug-likeness (QED) is 0.767. The molecule has 0 saturated heterocycles. The molecule has 0 saturated carbocycles. The zero-order chi connectivity index (χ0) is 10.6. The van der Waals surface area contributed by atoms with Crippen molar-refractivity contribution in [3.05, 3.63) is 29.8 Å². The molecule has 4 nitrogen and oxygen atoms in total. The molecule has 0 atom stereocenters. The molecule has 74 valence electrons. The number of rotatable bonds is 4. The van der Waals surface area contributed by atoms with E-state index in [1.807, 2.05) is 0 Å². The molecule has 0 spiro atoms. The lowest BCUT2D eigenvalue weighted by Gasteiger charge is -2.06. The molecular formula is C10H11NO3. The van der Waals surface area contributed by atoms with E-state index in [0.717, 1.165) is 0 Å². The van der Waals surface area contributed by atoms with Gasteiger partial charge in [-0.3, -0.25) is 9.59 Å². The number of para-hydroxylation sites is 1. The van der Waals surface area contributed by atoms with Gasteiger partial charge in [-0.1, -0.05) is 12.1 Å². The highest BCUT2D eigenvalue weighted by molar-refractivity contribution is 5.95. The molecule has 0 heterocycles. The Balaban J connectivity index is 2.84. The van der Waals surface area contributed by atoms with Crippen LogP contribution in [0, 0.1) is 0 Å². The van der Waals surface area contributed by atoms with Crippen LogP contribution in [0.2, 0.25) is 0 Å². The second-order valence-electron chi connectivity index (χ2n) is 2.85. The van der Waals surface area contributed by atoms with E-state index in [2.05, 4.69) is 0 Å². The van der Waals surface area contributed by atoms with E-state index in [1.165, 1.54) is 6.92 Å². The number of nitrogens with two attached hydrogens (primary N) is 1. The van der Waals surface area contributed by atoms with Crippen molar-refractivity contribution in [3.63, 3.8) is 0 Å². The van der Waals surface area contributed by atoms with Crippen LogP contribution in [0.25, 0.3) is 0 Å². The molecule has 0 unspecified atom stereocenters. The molecular weight excluding hydrogens is 182 g/mol. The molecule has 0 bridgehead atoms. The first-order valence-electron chi connectivity index (χ1n) is 4.12. The van der Waals surface area contributed by atoms with Crippen LogP contribution in [0.5, 0.6) is 5.75 Å². The molecule has 4 heteroatoms. The summed E-state index contributed by atoms with van der Waals surface area (Å²) in [4.78, 5) is 21.6. The average Bonchev–Trinajstić information content (AvgIpc) is 2.15. The molecule has 14 heavy (non-hydrogen) atoms. The fraction of sp³-hybridized carbons (Fsp3) is 0.200. The number of ether oxygens (including phenoxy) is 1. The number of hydrogen-bond donors (Lipinski definition) is 1. The second-order valence-corrected chi connectivity index (χ2v) is 2.85. The summed E-state index contributed by atoms with van der Waals surface area (Å²) in [5.41, 5.74) is 5.40. The van der Waals surface area contributed by atoms with Crippen LogP contribution >= 0.6 is 0 Å². The molecule has 0 radical (unpaired) electrons. The minimum atomic E-state index is -0.566. The van der Waals surface area contributed by atoms with Gasteiger partial charge in [-0.15, -0.1) is 0 Å². The predicted molar refractivity (Wildman–Crippen MR) is 51.1 cm³/mol. The Morgan fingerprint density at radius 3 is 2.57 bits per heavy atom. The summed E-state index contributed by atoms with van der Waals surface area (Å²) < 4.78 is 5.11. The lowest BCUT2D eigenvalue weighted by Crippen LogP contribution is -2.14. The first-order valence-corrected chi connectivity index (χ1v) is 4.12. The number of ketones is 1. The zero-order valence-corrected chi connectivity index (χ0v) is 7.82. The van der Waals surface area contributed by atoms with Crippen LogP contribution in [0.3, 0.4) is 0 Å². The molecule has 2 N–H and O–H groups in total. The molecule has 1 rings (SSSR count). The minimum Gasteiger partial charge on any atom is -0.485 e. The highest BCUT2D eigenvalue weighted by atomic mass is 16.5. The van der Waals surface area contributed by atoms with Gasteiger partial charge in [0.2, 0.25) is 0 Å². The zero-order valence-electron chi connectivity index (χ0n) is 7.82. The van der Waals surface area contributed by atoms with E-state index >= 15 is 0 Å². The largest absolute Gasteiger partial charge is 0.485 e. The lowest BCUT2D eigenvalue weighted by molar-refractivity contribution is -0.118. The Kier molecular flexibility index (Phi) is 3.23. The van der Waals surface area contributed by atoms with Crippen molar-refractivity contribution < 1.29 is 14.3 Å². The fourth-order valence-corrected chi connectivity index (χ4v) is 0.975. The summed E-state index contributed by atoms with van der Waals surface area (Å²) in [6.45, 7) is 1.36. The van der Waals surface area contributed by atoms with Gasteiger partial charge in [0.25, 0.3) is 5.91 Å². The van der Waals surface area contributed by atoms with Crippen LogP contribution in [-0.4, -0.2) is 18.3 Å². The Morgan fingerprint density at radius 1 is 1.36 bits per heavy atom. The summed E-state index contributed by atoms with van der Waals surface area (Å²) in [5, 5.41) is 0. The highest BCUT2D eigenvalue weighted by Gasteiger charge is 2.08. The molecule has 1 aromatic rings. The first kappa shape index (κ1) is 10.2. The van der Waals surface area contributed by atoms with Crippen LogP contribution in [0.15, 0.2) is 24.3 Å². The van der Waals surface area contributed by atoms with Gasteiger partial charge in [0.05, 0.1) is 5.56 Å². The maximum atomic E-state index is 10.9. The Labute approximate surface area is 81.7 Å². The van der Waals surface area contributed by atoms with Crippen LogP contribution in [0.1, 0.15) is 17.3 Å². The monoisotopic (exact) mass is 193 g/mol. The molecule has 0 aromatic heterocycles. The molecule has 0 aliphatic heterocycles. The number of benzene rings is 1. The van der Waals surface area contributed by atoms with Gasteiger partial charge in [-0.05, 0) is 19.1 Å². The number of amides is 1. The van der Waals surface area contributed by atoms with Crippen molar-refractivity contribution in [2.45, 2.75) is 6.92 Å². The lowest BCUT2D eigenvalue weighted by atomic mass is 10.2. The van der Waals surface area contributed by atoms with Gasteiger partial charge < -0.3 is 10.5 Å². The first-order chi connectivity index (χ1) is 6.61. The van der Waals surface area contributed by atoms with E-state index < -0.39 is 5.91 Å².